The minimum Gasteiger partial charge on any atom is -0.507 e. The Morgan fingerprint density at radius 3 is 2.21 bits per heavy atom. The summed E-state index contributed by atoms with van der Waals surface area (Å²) >= 11 is 0. The van der Waals surface area contributed by atoms with Crippen molar-refractivity contribution < 1.29 is 64.2 Å². The molecule has 2 fully saturated rings. The molecule has 10 atom stereocenters. The summed E-state index contributed by atoms with van der Waals surface area (Å²) < 4.78 is 27.9. The van der Waals surface area contributed by atoms with Crippen LogP contribution in [0, 0.1) is 0 Å². The highest BCUT2D eigenvalue weighted by Gasteiger charge is 2.51. The molecule has 1 aromatic heterocycles. The summed E-state index contributed by atoms with van der Waals surface area (Å²) in [5.41, 5.74) is -0.806. The topological polar surface area (TPSA) is 229 Å². The predicted octanol–water partition coefficient (Wildman–Crippen LogP) is -0.754. The molecule has 3 heterocycles. The van der Waals surface area contributed by atoms with Gasteiger partial charge >= 0.3 is 0 Å². The number of aliphatic hydroxyl groups excluding tert-OH is 6. The van der Waals surface area contributed by atoms with Crippen molar-refractivity contribution in [3.8, 4) is 28.6 Å². The van der Waals surface area contributed by atoms with Crippen LogP contribution in [0.15, 0.2) is 45.6 Å². The molecule has 5 rings (SSSR count). The molecule has 14 heteroatoms. The summed E-state index contributed by atoms with van der Waals surface area (Å²) in [5, 5.41) is 83.9. The molecule has 0 bridgehead atoms. The van der Waals surface area contributed by atoms with Crippen LogP contribution in [-0.2, 0) is 14.2 Å². The van der Waals surface area contributed by atoms with E-state index in [1.807, 2.05) is 0 Å². The first-order valence-electron chi connectivity index (χ1n) is 13.1. The smallest absolute Gasteiger partial charge is 0.197 e. The zero-order valence-corrected chi connectivity index (χ0v) is 22.5. The van der Waals surface area contributed by atoms with Gasteiger partial charge < -0.3 is 64.2 Å². The maximum Gasteiger partial charge on any atom is 0.197 e. The summed E-state index contributed by atoms with van der Waals surface area (Å²) in [6.45, 7) is 0.618. The number of fused-ring (bicyclic) bond motifs is 1. The van der Waals surface area contributed by atoms with E-state index >= 15 is 0 Å². The van der Waals surface area contributed by atoms with E-state index in [1.165, 1.54) is 14.0 Å². The average molecular weight is 593 g/mol. The van der Waals surface area contributed by atoms with E-state index in [9.17, 15) is 45.6 Å². The number of ether oxygens (including phenoxy) is 4. The Morgan fingerprint density at radius 2 is 1.57 bits per heavy atom. The molecule has 0 radical (unpaired) electrons. The van der Waals surface area contributed by atoms with E-state index in [-0.39, 0.29) is 16.7 Å². The van der Waals surface area contributed by atoms with Gasteiger partial charge in [-0.25, -0.2) is 0 Å². The molecular formula is C28H32O14. The van der Waals surface area contributed by atoms with Gasteiger partial charge in [0.2, 0.25) is 0 Å². The van der Waals surface area contributed by atoms with Gasteiger partial charge in [0, 0.05) is 17.7 Å². The fourth-order valence-corrected chi connectivity index (χ4v) is 5.24. The Bertz CT molecular complexity index is 1470. The molecule has 42 heavy (non-hydrogen) atoms. The summed E-state index contributed by atoms with van der Waals surface area (Å²) in [6.07, 6.45) is -16.0. The molecule has 0 spiro atoms. The van der Waals surface area contributed by atoms with Crippen LogP contribution in [0.3, 0.4) is 0 Å². The van der Waals surface area contributed by atoms with E-state index in [2.05, 4.69) is 0 Å². The monoisotopic (exact) mass is 592 g/mol. The quantitative estimate of drug-likeness (QED) is 0.176. The van der Waals surface area contributed by atoms with E-state index in [1.54, 1.807) is 24.3 Å². The molecule has 2 aliphatic rings. The number of rotatable bonds is 6. The maximum atomic E-state index is 13.2. The van der Waals surface area contributed by atoms with Crippen LogP contribution < -0.4 is 10.2 Å². The zero-order chi connectivity index (χ0) is 30.5. The molecule has 2 aliphatic heterocycles. The Labute approximate surface area is 238 Å². The first kappa shape index (κ1) is 30.2. The second-order valence-electron chi connectivity index (χ2n) is 10.3. The van der Waals surface area contributed by atoms with Crippen LogP contribution in [-0.4, -0.2) is 110 Å². The van der Waals surface area contributed by atoms with E-state index in [0.717, 1.165) is 12.1 Å². The SMILES string of the molecule is COc1ccc(-c2cc(=O)c3c(O)c([C@@H]4OC(CO)[C@@H](O)[C@H](O)C4O[C@@H]4OC(C)[C@H](O)[C@H](O)C4O)c(O)cc3o2)cc1. The molecule has 2 aromatic carbocycles. The number of phenolic OH excluding ortho intramolecular Hbond substituents is 2. The van der Waals surface area contributed by atoms with Crippen molar-refractivity contribution in [1.29, 1.82) is 0 Å². The predicted molar refractivity (Wildman–Crippen MR) is 142 cm³/mol. The summed E-state index contributed by atoms with van der Waals surface area (Å²) in [6, 6.07) is 8.80. The fraction of sp³-hybridized carbons (Fsp3) is 0.464. The van der Waals surface area contributed by atoms with Crippen molar-refractivity contribution >= 4 is 11.0 Å². The Kier molecular flexibility index (Phi) is 8.44. The second kappa shape index (κ2) is 11.8. The van der Waals surface area contributed by atoms with Crippen molar-refractivity contribution in [2.45, 2.75) is 68.1 Å². The highest BCUT2D eigenvalue weighted by molar-refractivity contribution is 5.88. The third kappa shape index (κ3) is 5.21. The highest BCUT2D eigenvalue weighted by Crippen LogP contribution is 2.46. The van der Waals surface area contributed by atoms with E-state index < -0.39 is 90.3 Å². The molecule has 0 amide bonds. The Hall–Kier alpha value is -3.31. The maximum absolute atomic E-state index is 13.2. The highest BCUT2D eigenvalue weighted by atomic mass is 16.7. The van der Waals surface area contributed by atoms with Crippen LogP contribution in [0.25, 0.3) is 22.3 Å². The normalized spacial score (nSPS) is 33.5. The largest absolute Gasteiger partial charge is 0.507 e. The lowest BCUT2D eigenvalue weighted by Gasteiger charge is -2.46. The standard InChI is InChI=1S/C28H32O14/c1-10-20(32)23(35)25(37)28(39-10)42-27-24(36)21(33)17(9-29)41-26(27)19-14(31)8-16-18(22(19)34)13(30)7-15(40-16)11-3-5-12(38-2)6-4-11/h3-8,10,17,20-21,23-29,31-37H,9H2,1-2H3/t10?,17?,20-,21+,23-,24-,25?,26-,27?,28-/m0/s1. The van der Waals surface area contributed by atoms with Crippen LogP contribution in [0.4, 0.5) is 0 Å². The number of aromatic hydroxyl groups is 2. The molecule has 8 N–H and O–H groups in total. The number of hydrogen-bond acceptors (Lipinski definition) is 14. The van der Waals surface area contributed by atoms with Gasteiger partial charge in [-0.3, -0.25) is 4.79 Å². The van der Waals surface area contributed by atoms with Crippen molar-refractivity contribution in [2.24, 2.45) is 0 Å². The molecule has 228 valence electrons. The molecule has 4 unspecified atom stereocenters. The molecular weight excluding hydrogens is 560 g/mol. The minimum atomic E-state index is -1.85. The van der Waals surface area contributed by atoms with Gasteiger partial charge in [0.25, 0.3) is 0 Å². The van der Waals surface area contributed by atoms with Crippen molar-refractivity contribution in [3.05, 3.63) is 52.2 Å². The van der Waals surface area contributed by atoms with Crippen molar-refractivity contribution in [1.82, 2.24) is 0 Å². The number of hydrogen-bond donors (Lipinski definition) is 8. The molecule has 2 saturated heterocycles. The van der Waals surface area contributed by atoms with E-state index in [4.69, 9.17) is 23.4 Å². The van der Waals surface area contributed by atoms with Gasteiger partial charge in [-0.1, -0.05) is 0 Å². The summed E-state index contributed by atoms with van der Waals surface area (Å²) in [5.74, 6) is -0.726. The number of methoxy groups -OCH3 is 1. The van der Waals surface area contributed by atoms with Gasteiger partial charge in [0.15, 0.2) is 11.7 Å². The minimum absolute atomic E-state index is 0.133. The van der Waals surface area contributed by atoms with Gasteiger partial charge in [-0.05, 0) is 31.2 Å². The molecule has 14 nitrogen and oxygen atoms in total. The van der Waals surface area contributed by atoms with Crippen LogP contribution >= 0.6 is 0 Å². The van der Waals surface area contributed by atoms with Gasteiger partial charge in [0.1, 0.15) is 82.8 Å². The second-order valence-corrected chi connectivity index (χ2v) is 10.3. The van der Waals surface area contributed by atoms with Crippen molar-refractivity contribution in [3.63, 3.8) is 0 Å². The van der Waals surface area contributed by atoms with Crippen LogP contribution in [0.5, 0.6) is 17.2 Å². The lowest BCUT2D eigenvalue weighted by Crippen LogP contribution is -2.61. The number of phenols is 2. The summed E-state index contributed by atoms with van der Waals surface area (Å²) in [7, 11) is 1.50. The molecule has 3 aromatic rings. The van der Waals surface area contributed by atoms with Gasteiger partial charge in [-0.2, -0.15) is 0 Å². The molecule has 0 saturated carbocycles. The summed E-state index contributed by atoms with van der Waals surface area (Å²) in [4.78, 5) is 13.2. The van der Waals surface area contributed by atoms with Gasteiger partial charge in [-0.15, -0.1) is 0 Å². The van der Waals surface area contributed by atoms with Crippen molar-refractivity contribution in [2.75, 3.05) is 13.7 Å². The third-order valence-corrected chi connectivity index (χ3v) is 7.64. The number of aliphatic hydroxyl groups is 6. The lowest BCUT2D eigenvalue weighted by atomic mass is 9.89. The average Bonchev–Trinajstić information content (AvgIpc) is 2.97. The van der Waals surface area contributed by atoms with Gasteiger partial charge in [0.05, 0.1) is 25.4 Å². The fourth-order valence-electron chi connectivity index (χ4n) is 5.24. The van der Waals surface area contributed by atoms with E-state index in [0.29, 0.717) is 11.3 Å². The zero-order valence-electron chi connectivity index (χ0n) is 22.5. The number of benzene rings is 2. The molecule has 0 aliphatic carbocycles. The Balaban J connectivity index is 1.58. The third-order valence-electron chi connectivity index (χ3n) is 7.64. The van der Waals surface area contributed by atoms with Crippen LogP contribution in [0.2, 0.25) is 0 Å². The first-order valence-corrected chi connectivity index (χ1v) is 13.1. The lowest BCUT2D eigenvalue weighted by molar-refractivity contribution is -0.338. The first-order chi connectivity index (χ1) is 20.0. The van der Waals surface area contributed by atoms with Crippen LogP contribution in [0.1, 0.15) is 18.6 Å². The Morgan fingerprint density at radius 1 is 0.881 bits per heavy atom.